The van der Waals surface area contributed by atoms with Crippen molar-refractivity contribution in [3.8, 4) is 5.75 Å². The number of nitrogens with two attached hydrogens (primary N) is 1. The van der Waals surface area contributed by atoms with E-state index in [1.54, 1.807) is 7.11 Å². The molecule has 1 fully saturated rings. The van der Waals surface area contributed by atoms with Crippen LogP contribution in [-0.2, 0) is 0 Å². The van der Waals surface area contributed by atoms with E-state index in [0.717, 1.165) is 18.6 Å². The number of ether oxygens (including phenoxy) is 1. The first-order valence-corrected chi connectivity index (χ1v) is 5.20. The van der Waals surface area contributed by atoms with Crippen LogP contribution in [0.2, 0.25) is 0 Å². The van der Waals surface area contributed by atoms with Crippen molar-refractivity contribution in [1.29, 1.82) is 0 Å². The topological polar surface area (TPSA) is 55.5 Å². The fourth-order valence-electron chi connectivity index (χ4n) is 2.18. The lowest BCUT2D eigenvalue weighted by Crippen LogP contribution is -2.53. The zero-order valence-electron chi connectivity index (χ0n) is 8.94. The Balaban J connectivity index is 2.06. The highest BCUT2D eigenvalue weighted by Gasteiger charge is 2.41. The third-order valence-corrected chi connectivity index (χ3v) is 3.19. The molecule has 0 radical (unpaired) electrons. The first-order chi connectivity index (χ1) is 7.17. The largest absolute Gasteiger partial charge is 0.497 e. The molecule has 0 amide bonds. The Morgan fingerprint density at radius 3 is 2.87 bits per heavy atom. The highest BCUT2D eigenvalue weighted by Crippen LogP contribution is 2.43. The Morgan fingerprint density at radius 2 is 2.27 bits per heavy atom. The fraction of sp³-hybridized carbons (Fsp3) is 0.500. The zero-order chi connectivity index (χ0) is 10.9. The molecule has 0 spiro atoms. The molecule has 1 aromatic rings. The van der Waals surface area contributed by atoms with E-state index >= 15 is 0 Å². The molecular formula is C12H17NO2. The van der Waals surface area contributed by atoms with Crippen LogP contribution >= 0.6 is 0 Å². The summed E-state index contributed by atoms with van der Waals surface area (Å²) >= 11 is 0. The molecule has 15 heavy (non-hydrogen) atoms. The molecule has 1 aliphatic rings. The average molecular weight is 207 g/mol. The molecule has 0 aliphatic heterocycles. The van der Waals surface area contributed by atoms with E-state index in [2.05, 4.69) is 6.07 Å². The predicted molar refractivity (Wildman–Crippen MR) is 59.0 cm³/mol. The molecule has 0 unspecified atom stereocenters. The molecule has 1 aromatic carbocycles. The number of hydrogen-bond donors (Lipinski definition) is 2. The Labute approximate surface area is 89.9 Å². The Bertz CT molecular complexity index is 345. The van der Waals surface area contributed by atoms with Crippen molar-refractivity contribution in [3.05, 3.63) is 29.8 Å². The van der Waals surface area contributed by atoms with Gasteiger partial charge in [0.15, 0.2) is 0 Å². The minimum Gasteiger partial charge on any atom is -0.497 e. The number of aliphatic hydroxyl groups is 1. The monoisotopic (exact) mass is 207 g/mol. The molecule has 0 atom stereocenters. The number of benzene rings is 1. The minimum atomic E-state index is -0.353. The molecule has 0 heterocycles. The maximum atomic E-state index is 9.06. The molecule has 1 aliphatic carbocycles. The molecule has 0 aromatic heterocycles. The highest BCUT2D eigenvalue weighted by molar-refractivity contribution is 5.33. The fourth-order valence-corrected chi connectivity index (χ4v) is 2.18. The van der Waals surface area contributed by atoms with Crippen molar-refractivity contribution < 1.29 is 9.84 Å². The van der Waals surface area contributed by atoms with Gasteiger partial charge in [0.1, 0.15) is 5.75 Å². The molecule has 2 rings (SSSR count). The van der Waals surface area contributed by atoms with Crippen molar-refractivity contribution in [2.24, 2.45) is 5.73 Å². The molecule has 3 nitrogen and oxygen atoms in total. The SMILES string of the molecule is COc1cccc(C2CC(N)(CO)C2)c1. The van der Waals surface area contributed by atoms with E-state index in [1.165, 1.54) is 5.56 Å². The van der Waals surface area contributed by atoms with Gasteiger partial charge >= 0.3 is 0 Å². The van der Waals surface area contributed by atoms with Gasteiger partial charge in [0, 0.05) is 5.54 Å². The molecule has 3 N–H and O–H groups in total. The number of rotatable bonds is 3. The van der Waals surface area contributed by atoms with Gasteiger partial charge in [-0.15, -0.1) is 0 Å². The third kappa shape index (κ3) is 1.98. The first-order valence-electron chi connectivity index (χ1n) is 5.20. The summed E-state index contributed by atoms with van der Waals surface area (Å²) in [5.74, 6) is 1.35. The Hall–Kier alpha value is -1.06. The van der Waals surface area contributed by atoms with E-state index in [-0.39, 0.29) is 12.1 Å². The molecule has 3 heteroatoms. The third-order valence-electron chi connectivity index (χ3n) is 3.19. The summed E-state index contributed by atoms with van der Waals surface area (Å²) in [6, 6.07) is 8.05. The normalized spacial score (nSPS) is 29.7. The summed E-state index contributed by atoms with van der Waals surface area (Å²) in [5, 5.41) is 9.06. The summed E-state index contributed by atoms with van der Waals surface area (Å²) in [4.78, 5) is 0. The van der Waals surface area contributed by atoms with Gasteiger partial charge in [-0.1, -0.05) is 12.1 Å². The highest BCUT2D eigenvalue weighted by atomic mass is 16.5. The second-order valence-corrected chi connectivity index (χ2v) is 4.40. The van der Waals surface area contributed by atoms with Crippen LogP contribution in [0.5, 0.6) is 5.75 Å². The van der Waals surface area contributed by atoms with Crippen molar-refractivity contribution in [2.75, 3.05) is 13.7 Å². The van der Waals surface area contributed by atoms with E-state index in [0.29, 0.717) is 5.92 Å². The van der Waals surface area contributed by atoms with Crippen molar-refractivity contribution in [3.63, 3.8) is 0 Å². The van der Waals surface area contributed by atoms with Gasteiger partial charge in [0.2, 0.25) is 0 Å². The van der Waals surface area contributed by atoms with Crippen LogP contribution in [0.25, 0.3) is 0 Å². The quantitative estimate of drug-likeness (QED) is 0.784. The van der Waals surface area contributed by atoms with Gasteiger partial charge < -0.3 is 15.6 Å². The molecule has 0 saturated heterocycles. The van der Waals surface area contributed by atoms with Gasteiger partial charge in [0.05, 0.1) is 13.7 Å². The number of methoxy groups -OCH3 is 1. The van der Waals surface area contributed by atoms with Crippen LogP contribution in [0.1, 0.15) is 24.3 Å². The van der Waals surface area contributed by atoms with E-state index in [1.807, 2.05) is 18.2 Å². The smallest absolute Gasteiger partial charge is 0.119 e. The summed E-state index contributed by atoms with van der Waals surface area (Å²) in [6.07, 6.45) is 1.72. The van der Waals surface area contributed by atoms with Gasteiger partial charge in [-0.2, -0.15) is 0 Å². The van der Waals surface area contributed by atoms with Crippen molar-refractivity contribution >= 4 is 0 Å². The van der Waals surface area contributed by atoms with Crippen LogP contribution in [0.4, 0.5) is 0 Å². The summed E-state index contributed by atoms with van der Waals surface area (Å²) < 4.78 is 5.17. The van der Waals surface area contributed by atoms with E-state index < -0.39 is 0 Å². The van der Waals surface area contributed by atoms with Gasteiger partial charge in [-0.3, -0.25) is 0 Å². The standard InChI is InChI=1S/C12H17NO2/c1-15-11-4-2-3-9(5-11)10-6-12(13,7-10)8-14/h2-5,10,14H,6-8,13H2,1H3. The van der Waals surface area contributed by atoms with E-state index in [4.69, 9.17) is 15.6 Å². The molecule has 1 saturated carbocycles. The maximum Gasteiger partial charge on any atom is 0.119 e. The minimum absolute atomic E-state index is 0.0769. The van der Waals surface area contributed by atoms with Crippen LogP contribution in [0.15, 0.2) is 24.3 Å². The summed E-state index contributed by atoms with van der Waals surface area (Å²) in [7, 11) is 1.67. The van der Waals surface area contributed by atoms with Crippen LogP contribution < -0.4 is 10.5 Å². The first kappa shape index (κ1) is 10.5. The lowest BCUT2D eigenvalue weighted by molar-refractivity contribution is 0.106. The van der Waals surface area contributed by atoms with Crippen LogP contribution in [-0.4, -0.2) is 24.4 Å². The number of aliphatic hydroxyl groups excluding tert-OH is 1. The Morgan fingerprint density at radius 1 is 1.53 bits per heavy atom. The lowest BCUT2D eigenvalue weighted by Gasteiger charge is -2.44. The second kappa shape index (κ2) is 3.83. The van der Waals surface area contributed by atoms with Gasteiger partial charge in [-0.25, -0.2) is 0 Å². The van der Waals surface area contributed by atoms with Crippen molar-refractivity contribution in [1.82, 2.24) is 0 Å². The predicted octanol–water partition coefficient (Wildman–Crippen LogP) is 1.26. The molecular weight excluding hydrogens is 190 g/mol. The number of hydrogen-bond acceptors (Lipinski definition) is 3. The molecule has 82 valence electrons. The van der Waals surface area contributed by atoms with Gasteiger partial charge in [-0.05, 0) is 36.5 Å². The average Bonchev–Trinajstić information content (AvgIpc) is 2.25. The Kier molecular flexibility index (Phi) is 2.67. The summed E-state index contributed by atoms with van der Waals surface area (Å²) in [6.45, 7) is 0.0769. The zero-order valence-corrected chi connectivity index (χ0v) is 8.94. The summed E-state index contributed by atoms with van der Waals surface area (Å²) in [5.41, 5.74) is 6.82. The van der Waals surface area contributed by atoms with Crippen LogP contribution in [0, 0.1) is 0 Å². The maximum absolute atomic E-state index is 9.06. The van der Waals surface area contributed by atoms with Gasteiger partial charge in [0.25, 0.3) is 0 Å². The van der Waals surface area contributed by atoms with Crippen molar-refractivity contribution in [2.45, 2.75) is 24.3 Å². The second-order valence-electron chi connectivity index (χ2n) is 4.40. The lowest BCUT2D eigenvalue weighted by atomic mass is 9.66. The van der Waals surface area contributed by atoms with E-state index in [9.17, 15) is 0 Å². The van der Waals surface area contributed by atoms with Crippen LogP contribution in [0.3, 0.4) is 0 Å². The molecule has 0 bridgehead atoms.